The van der Waals surface area contributed by atoms with Gasteiger partial charge in [-0.3, -0.25) is 4.79 Å². The molecule has 0 aliphatic carbocycles. The second-order valence-corrected chi connectivity index (χ2v) is 6.87. The summed E-state index contributed by atoms with van der Waals surface area (Å²) in [6.45, 7) is 3.21. The molecule has 0 amide bonds. The average molecular weight is 352 g/mol. The Morgan fingerprint density at radius 1 is 0.708 bits per heavy atom. The first kappa shape index (κ1) is 26.7. The van der Waals surface area contributed by atoms with Crippen LogP contribution in [-0.2, 0) is 4.79 Å². The molecular weight excluding hydrogens is 309 g/mol. The van der Waals surface area contributed by atoms with Crippen molar-refractivity contribution >= 4 is 5.97 Å². The summed E-state index contributed by atoms with van der Waals surface area (Å²) < 4.78 is 0. The third kappa shape index (κ3) is 24.7. The Balaban J connectivity index is -0.00000242. The Morgan fingerprint density at radius 3 is 1.38 bits per heavy atom. The van der Waals surface area contributed by atoms with Gasteiger partial charge in [0.2, 0.25) is 0 Å². The monoisotopic (exact) mass is 351 g/mol. The zero-order valence-corrected chi connectivity index (χ0v) is 18.6. The molecule has 2 N–H and O–H groups in total. The number of hydrogen-bond acceptors (Lipinski definition) is 2. The van der Waals surface area contributed by atoms with Crippen molar-refractivity contribution in [2.75, 3.05) is 13.1 Å². The maximum absolute atomic E-state index is 10.3. The molecule has 24 heavy (non-hydrogen) atoms. The first-order valence-electron chi connectivity index (χ1n) is 10.2. The van der Waals surface area contributed by atoms with Gasteiger partial charge in [-0.25, -0.2) is 0 Å². The van der Waals surface area contributed by atoms with Gasteiger partial charge < -0.3 is 11.8 Å². The molecule has 140 valence electrons. The fourth-order valence-electron chi connectivity index (χ4n) is 2.99. The molecule has 0 saturated heterocycles. The van der Waals surface area contributed by atoms with Crippen molar-refractivity contribution in [2.45, 2.75) is 110 Å². The van der Waals surface area contributed by atoms with Crippen LogP contribution in [0.2, 0.25) is 0 Å². The molecule has 0 atom stereocenters. The third-order valence-corrected chi connectivity index (χ3v) is 4.48. The van der Waals surface area contributed by atoms with E-state index in [0.717, 1.165) is 13.0 Å². The van der Waals surface area contributed by atoms with Crippen LogP contribution in [0.25, 0.3) is 0 Å². The molecule has 0 saturated carbocycles. The number of hydrogen-bond donors (Lipinski definition) is 2. The molecule has 0 spiro atoms. The predicted molar refractivity (Wildman–Crippen MR) is 101 cm³/mol. The number of nitrogens with one attached hydrogen (secondary N) is 1. The summed E-state index contributed by atoms with van der Waals surface area (Å²) in [7, 11) is 0. The number of carboxylic acids is 1. The summed E-state index contributed by atoms with van der Waals surface area (Å²) in [5.41, 5.74) is 0. The summed E-state index contributed by atoms with van der Waals surface area (Å²) in [6.07, 6.45) is 22.0. The van der Waals surface area contributed by atoms with Crippen LogP contribution in [0.5, 0.6) is 0 Å². The van der Waals surface area contributed by atoms with Gasteiger partial charge in [-0.15, -0.1) is 0 Å². The van der Waals surface area contributed by atoms with Gasteiger partial charge in [0.15, 0.2) is 0 Å². The minimum absolute atomic E-state index is 0. The first-order valence-corrected chi connectivity index (χ1v) is 10.2. The van der Waals surface area contributed by atoms with Crippen LogP contribution in [0.4, 0.5) is 0 Å². The van der Waals surface area contributed by atoms with E-state index in [-0.39, 0.29) is 37.5 Å². The van der Waals surface area contributed by atoms with Crippen molar-refractivity contribution in [1.29, 1.82) is 0 Å². The van der Waals surface area contributed by atoms with Crippen LogP contribution >= 0.6 is 0 Å². The van der Waals surface area contributed by atoms with Crippen LogP contribution in [0.1, 0.15) is 111 Å². The van der Waals surface area contributed by atoms with E-state index in [2.05, 4.69) is 12.2 Å². The summed E-state index contributed by atoms with van der Waals surface area (Å²) in [5.74, 6) is -0.763. The summed E-state index contributed by atoms with van der Waals surface area (Å²) in [4.78, 5) is 10.3. The Kier molecular flexibility index (Phi) is 26.0. The first-order chi connectivity index (χ1) is 11.3. The van der Waals surface area contributed by atoms with Gasteiger partial charge in [0.1, 0.15) is 0 Å². The molecule has 0 bridgehead atoms. The largest absolute Gasteiger partial charge is 1.00 e. The number of aliphatic carboxylic acids is 1. The van der Waals surface area contributed by atoms with Crippen LogP contribution in [0.15, 0.2) is 0 Å². The van der Waals surface area contributed by atoms with Crippen LogP contribution in [0.3, 0.4) is 0 Å². The van der Waals surface area contributed by atoms with E-state index < -0.39 is 5.97 Å². The maximum atomic E-state index is 10.3. The van der Waals surface area contributed by atoms with Crippen molar-refractivity contribution in [3.63, 3.8) is 0 Å². The Morgan fingerprint density at radius 2 is 1.04 bits per heavy atom. The quantitative estimate of drug-likeness (QED) is 0.278. The molecule has 0 aromatic rings. The Hall–Kier alpha value is 0.430. The molecule has 0 unspecified atom stereocenters. The second kappa shape index (κ2) is 23.4. The van der Waals surface area contributed by atoms with E-state index in [1.807, 2.05) is 0 Å². The van der Waals surface area contributed by atoms with Gasteiger partial charge in [0, 0.05) is 0 Å². The van der Waals surface area contributed by atoms with Crippen molar-refractivity contribution in [3.05, 3.63) is 0 Å². The van der Waals surface area contributed by atoms with Crippen molar-refractivity contribution in [2.24, 2.45) is 0 Å². The molecule has 4 heteroatoms. The third-order valence-electron chi connectivity index (χ3n) is 4.48. The molecule has 0 fully saturated rings. The number of unbranched alkanes of at least 4 members (excludes halogenated alkanes) is 15. The minimum Gasteiger partial charge on any atom is -1.00 e. The van der Waals surface area contributed by atoms with E-state index in [0.29, 0.717) is 0 Å². The molecule has 0 aromatic heterocycles. The normalized spacial score (nSPS) is 10.5. The van der Waals surface area contributed by atoms with Gasteiger partial charge in [-0.2, -0.15) is 0 Å². The van der Waals surface area contributed by atoms with Crippen LogP contribution < -0.4 is 34.9 Å². The van der Waals surface area contributed by atoms with Gasteiger partial charge in [0.25, 0.3) is 0 Å². The zero-order valence-electron chi connectivity index (χ0n) is 17.6. The predicted octanol–water partition coefficient (Wildman–Crippen LogP) is 3.04. The molecule has 0 heterocycles. The second-order valence-electron chi connectivity index (χ2n) is 6.87. The van der Waals surface area contributed by atoms with Gasteiger partial charge in [0.05, 0.1) is 6.54 Å². The SMILES string of the molecule is CCCCCCCCCCCCCCCCCCNCC(=O)O.[H-].[Na+]. The molecule has 0 rings (SSSR count). The molecular formula is C20H42NNaO2. The van der Waals surface area contributed by atoms with Crippen LogP contribution in [-0.4, -0.2) is 24.2 Å². The minimum atomic E-state index is -0.763. The smallest absolute Gasteiger partial charge is 1.00 e. The molecule has 0 aliphatic rings. The molecule has 3 nitrogen and oxygen atoms in total. The number of carbonyl (C=O) groups is 1. The van der Waals surface area contributed by atoms with Gasteiger partial charge >= 0.3 is 35.5 Å². The molecule has 0 aromatic carbocycles. The summed E-state index contributed by atoms with van der Waals surface area (Å²) >= 11 is 0. The Bertz CT molecular complexity index is 256. The Labute approximate surface area is 174 Å². The fraction of sp³-hybridized carbons (Fsp3) is 0.950. The maximum Gasteiger partial charge on any atom is 1.00 e. The number of rotatable bonds is 19. The molecule has 0 radical (unpaired) electrons. The molecule has 0 aliphatic heterocycles. The van der Waals surface area contributed by atoms with E-state index in [9.17, 15) is 4.79 Å². The topological polar surface area (TPSA) is 49.3 Å². The van der Waals surface area contributed by atoms with Gasteiger partial charge in [-0.1, -0.05) is 103 Å². The van der Waals surface area contributed by atoms with E-state index >= 15 is 0 Å². The van der Waals surface area contributed by atoms with Gasteiger partial charge in [-0.05, 0) is 13.0 Å². The van der Waals surface area contributed by atoms with Crippen molar-refractivity contribution in [1.82, 2.24) is 5.32 Å². The van der Waals surface area contributed by atoms with Crippen LogP contribution in [0, 0.1) is 0 Å². The van der Waals surface area contributed by atoms with Crippen molar-refractivity contribution in [3.8, 4) is 0 Å². The standard InChI is InChI=1S/C20H41NO2.Na.H/c1-2-3-4-5-6-7-8-9-10-11-12-13-14-15-16-17-18-21-19-20(22)23;;/h21H,2-19H2,1H3,(H,22,23);;/q;+1;-1. The van der Waals surface area contributed by atoms with E-state index in [4.69, 9.17) is 5.11 Å². The summed E-state index contributed by atoms with van der Waals surface area (Å²) in [5, 5.41) is 11.4. The fourth-order valence-corrected chi connectivity index (χ4v) is 2.99. The summed E-state index contributed by atoms with van der Waals surface area (Å²) in [6, 6.07) is 0. The average Bonchev–Trinajstić information content (AvgIpc) is 2.53. The van der Waals surface area contributed by atoms with E-state index in [1.54, 1.807) is 0 Å². The van der Waals surface area contributed by atoms with Crippen molar-refractivity contribution < 1.29 is 40.9 Å². The number of carboxylic acid groups (broad SMARTS) is 1. The zero-order chi connectivity index (χ0) is 17.0. The van der Waals surface area contributed by atoms with E-state index in [1.165, 1.54) is 96.3 Å².